The zero-order chi connectivity index (χ0) is 11.3. The fourth-order valence-electron chi connectivity index (χ4n) is 1.80. The summed E-state index contributed by atoms with van der Waals surface area (Å²) in [7, 11) is 0. The van der Waals surface area contributed by atoms with E-state index in [1.165, 1.54) is 0 Å². The molecule has 0 aromatic rings. The van der Waals surface area contributed by atoms with E-state index >= 15 is 0 Å². The van der Waals surface area contributed by atoms with Crippen molar-refractivity contribution in [2.45, 2.75) is 44.8 Å². The number of hydrogen-bond acceptors (Lipinski definition) is 3. The van der Waals surface area contributed by atoms with E-state index in [0.717, 1.165) is 25.7 Å². The largest absolute Gasteiger partial charge is 0.454 e. The van der Waals surface area contributed by atoms with Gasteiger partial charge in [0.25, 0.3) is 0 Å². The van der Waals surface area contributed by atoms with Crippen LogP contribution in [-0.4, -0.2) is 24.8 Å². The Hall–Kier alpha value is -0.900. The Kier molecular flexibility index (Phi) is 4.75. The first-order chi connectivity index (χ1) is 7.15. The first-order valence-corrected chi connectivity index (χ1v) is 5.32. The summed E-state index contributed by atoms with van der Waals surface area (Å²) in [5, 5.41) is 0. The molecule has 1 aliphatic carbocycles. The summed E-state index contributed by atoms with van der Waals surface area (Å²) in [4.78, 5) is 11.0. The molecule has 86 valence electrons. The molecule has 0 amide bonds. The summed E-state index contributed by atoms with van der Waals surface area (Å²) in [6.07, 6.45) is 3.25. The average Bonchev–Trinajstić information content (AvgIpc) is 2.21. The quantitative estimate of drug-likeness (QED) is 0.534. The van der Waals surface area contributed by atoms with E-state index in [4.69, 9.17) is 9.47 Å². The van der Waals surface area contributed by atoms with Crippen LogP contribution >= 0.6 is 0 Å². The van der Waals surface area contributed by atoms with Gasteiger partial charge in [0.05, 0.1) is 6.10 Å². The molecule has 0 aromatic carbocycles. The molecule has 0 aliphatic heterocycles. The number of rotatable bonds is 4. The molecule has 0 saturated heterocycles. The number of ether oxygens (including phenoxy) is 2. The van der Waals surface area contributed by atoms with E-state index in [1.54, 1.807) is 0 Å². The maximum absolute atomic E-state index is 12.5. The Morgan fingerprint density at radius 3 is 2.53 bits per heavy atom. The van der Waals surface area contributed by atoms with Crippen molar-refractivity contribution in [1.82, 2.24) is 0 Å². The Morgan fingerprint density at radius 2 is 2.00 bits per heavy atom. The third-order valence-corrected chi connectivity index (χ3v) is 2.50. The first-order valence-electron chi connectivity index (χ1n) is 5.32. The van der Waals surface area contributed by atoms with Gasteiger partial charge in [-0.2, -0.15) is 4.39 Å². The number of carbonyl (C=O) groups is 1. The highest BCUT2D eigenvalue weighted by Crippen LogP contribution is 2.24. The first kappa shape index (κ1) is 12.2. The minimum absolute atomic E-state index is 0.0907. The predicted octanol–water partition coefficient (Wildman–Crippen LogP) is 2.36. The molecule has 1 rings (SSSR count). The molecule has 0 bridgehead atoms. The standard InChI is InChI=1S/C11H17FO3/c1-3-14-9-6-4-5-7-10(9)15-11(13)8(2)12/h9-10H,2-7H2,1H3. The van der Waals surface area contributed by atoms with Crippen molar-refractivity contribution in [1.29, 1.82) is 0 Å². The van der Waals surface area contributed by atoms with Gasteiger partial charge in [0, 0.05) is 6.61 Å². The topological polar surface area (TPSA) is 35.5 Å². The fourth-order valence-corrected chi connectivity index (χ4v) is 1.80. The van der Waals surface area contributed by atoms with Crippen molar-refractivity contribution in [2.24, 2.45) is 0 Å². The van der Waals surface area contributed by atoms with Gasteiger partial charge in [-0.3, -0.25) is 0 Å². The van der Waals surface area contributed by atoms with Crippen LogP contribution in [0.2, 0.25) is 0 Å². The molecule has 1 aliphatic rings. The lowest BCUT2D eigenvalue weighted by molar-refractivity contribution is -0.157. The Labute approximate surface area is 89.2 Å². The van der Waals surface area contributed by atoms with Crippen LogP contribution in [0.1, 0.15) is 32.6 Å². The van der Waals surface area contributed by atoms with E-state index in [0.29, 0.717) is 6.61 Å². The lowest BCUT2D eigenvalue weighted by atomic mass is 9.94. The molecule has 1 saturated carbocycles. The van der Waals surface area contributed by atoms with E-state index < -0.39 is 11.8 Å². The summed E-state index contributed by atoms with van der Waals surface area (Å²) in [5.41, 5.74) is 0. The van der Waals surface area contributed by atoms with Crippen molar-refractivity contribution in [3.8, 4) is 0 Å². The zero-order valence-corrected chi connectivity index (χ0v) is 9.00. The molecule has 4 heteroatoms. The normalized spacial score (nSPS) is 26.0. The van der Waals surface area contributed by atoms with Gasteiger partial charge in [-0.15, -0.1) is 0 Å². The van der Waals surface area contributed by atoms with Crippen molar-refractivity contribution >= 4 is 5.97 Å². The van der Waals surface area contributed by atoms with Gasteiger partial charge in [-0.25, -0.2) is 4.79 Å². The molecule has 0 radical (unpaired) electrons. The molecule has 0 N–H and O–H groups in total. The van der Waals surface area contributed by atoms with Gasteiger partial charge in [-0.1, -0.05) is 13.0 Å². The highest BCUT2D eigenvalue weighted by Gasteiger charge is 2.29. The number of halogens is 1. The fraction of sp³-hybridized carbons (Fsp3) is 0.727. The molecule has 1 fully saturated rings. The Bertz CT molecular complexity index is 238. The maximum Gasteiger partial charge on any atom is 0.366 e. The van der Waals surface area contributed by atoms with Gasteiger partial charge < -0.3 is 9.47 Å². The molecule has 15 heavy (non-hydrogen) atoms. The van der Waals surface area contributed by atoms with Gasteiger partial charge in [0.15, 0.2) is 0 Å². The minimum atomic E-state index is -1.05. The number of carbonyl (C=O) groups excluding carboxylic acids is 1. The van der Waals surface area contributed by atoms with E-state index in [2.05, 4.69) is 6.58 Å². The highest BCUT2D eigenvalue weighted by molar-refractivity contribution is 5.85. The van der Waals surface area contributed by atoms with Crippen molar-refractivity contribution in [3.05, 3.63) is 12.4 Å². The molecule has 0 heterocycles. The smallest absolute Gasteiger partial charge is 0.366 e. The minimum Gasteiger partial charge on any atom is -0.454 e. The Balaban J connectivity index is 2.48. The van der Waals surface area contributed by atoms with E-state index in [9.17, 15) is 9.18 Å². The second-order valence-electron chi connectivity index (χ2n) is 3.63. The van der Waals surface area contributed by atoms with Crippen LogP contribution in [0.5, 0.6) is 0 Å². The third-order valence-electron chi connectivity index (χ3n) is 2.50. The zero-order valence-electron chi connectivity index (χ0n) is 9.00. The van der Waals surface area contributed by atoms with Crippen LogP contribution in [0.4, 0.5) is 4.39 Å². The van der Waals surface area contributed by atoms with Crippen molar-refractivity contribution in [2.75, 3.05) is 6.61 Å². The third kappa shape index (κ3) is 3.63. The van der Waals surface area contributed by atoms with Gasteiger partial charge in [-0.05, 0) is 26.2 Å². The molecule has 2 atom stereocenters. The van der Waals surface area contributed by atoms with Gasteiger partial charge in [0.1, 0.15) is 6.10 Å². The molecule has 2 unspecified atom stereocenters. The molecule has 0 spiro atoms. The predicted molar refractivity (Wildman–Crippen MR) is 54.0 cm³/mol. The molecule has 0 aromatic heterocycles. The number of hydrogen-bond donors (Lipinski definition) is 0. The van der Waals surface area contributed by atoms with Gasteiger partial charge in [0.2, 0.25) is 5.83 Å². The number of esters is 1. The summed E-state index contributed by atoms with van der Waals surface area (Å²) < 4.78 is 22.9. The van der Waals surface area contributed by atoms with E-state index in [1.807, 2.05) is 6.92 Å². The van der Waals surface area contributed by atoms with Crippen LogP contribution < -0.4 is 0 Å². The van der Waals surface area contributed by atoms with E-state index in [-0.39, 0.29) is 12.2 Å². The molecular weight excluding hydrogens is 199 g/mol. The highest BCUT2D eigenvalue weighted by atomic mass is 19.1. The van der Waals surface area contributed by atoms with Crippen molar-refractivity contribution < 1.29 is 18.7 Å². The summed E-state index contributed by atoms with van der Waals surface area (Å²) in [6, 6.07) is 0. The van der Waals surface area contributed by atoms with Crippen LogP contribution in [0.3, 0.4) is 0 Å². The van der Waals surface area contributed by atoms with Crippen molar-refractivity contribution in [3.63, 3.8) is 0 Å². The maximum atomic E-state index is 12.5. The second kappa shape index (κ2) is 5.85. The van der Waals surface area contributed by atoms with Gasteiger partial charge >= 0.3 is 5.97 Å². The second-order valence-corrected chi connectivity index (χ2v) is 3.63. The lowest BCUT2D eigenvalue weighted by Crippen LogP contribution is -2.36. The van der Waals surface area contributed by atoms with Crippen LogP contribution in [0.25, 0.3) is 0 Å². The summed E-state index contributed by atoms with van der Waals surface area (Å²) in [5.74, 6) is -2.01. The monoisotopic (exact) mass is 216 g/mol. The van der Waals surface area contributed by atoms with Crippen LogP contribution in [0.15, 0.2) is 12.4 Å². The lowest BCUT2D eigenvalue weighted by Gasteiger charge is -2.30. The SMILES string of the molecule is C=C(F)C(=O)OC1CCCCC1OCC. The molecule has 3 nitrogen and oxygen atoms in total. The van der Waals surface area contributed by atoms with Crippen LogP contribution in [-0.2, 0) is 14.3 Å². The summed E-state index contributed by atoms with van der Waals surface area (Å²) >= 11 is 0. The summed E-state index contributed by atoms with van der Waals surface area (Å²) in [6.45, 7) is 5.38. The Morgan fingerprint density at radius 1 is 1.40 bits per heavy atom. The molecular formula is C11H17FO3. The average molecular weight is 216 g/mol. The van der Waals surface area contributed by atoms with Crippen LogP contribution in [0, 0.1) is 0 Å².